The normalized spacial score (nSPS) is 26.6. The maximum absolute atomic E-state index is 12.4. The summed E-state index contributed by atoms with van der Waals surface area (Å²) in [7, 11) is 0. The first-order chi connectivity index (χ1) is 14.0. The third-order valence-corrected chi connectivity index (χ3v) is 5.27. The molecule has 162 valence electrons. The van der Waals surface area contributed by atoms with Gasteiger partial charge in [-0.25, -0.2) is 4.79 Å². The van der Waals surface area contributed by atoms with E-state index in [2.05, 4.69) is 10.6 Å². The highest BCUT2D eigenvalue weighted by Crippen LogP contribution is 2.36. The Kier molecular flexibility index (Phi) is 6.31. The molecular formula is C23H30N2O5. The lowest BCUT2D eigenvalue weighted by atomic mass is 9.87. The van der Waals surface area contributed by atoms with Gasteiger partial charge in [-0.3, -0.25) is 9.59 Å². The zero-order chi connectivity index (χ0) is 22.1. The van der Waals surface area contributed by atoms with Gasteiger partial charge in [-0.1, -0.05) is 37.3 Å². The van der Waals surface area contributed by atoms with E-state index in [4.69, 9.17) is 9.47 Å². The van der Waals surface area contributed by atoms with Crippen LogP contribution in [0.15, 0.2) is 30.3 Å². The fourth-order valence-electron chi connectivity index (χ4n) is 3.86. The first-order valence-electron chi connectivity index (χ1n) is 10.3. The van der Waals surface area contributed by atoms with Gasteiger partial charge in [-0.05, 0) is 43.9 Å². The summed E-state index contributed by atoms with van der Waals surface area (Å²) in [6.45, 7) is 9.53. The third kappa shape index (κ3) is 5.08. The maximum atomic E-state index is 12.4. The summed E-state index contributed by atoms with van der Waals surface area (Å²) in [6.07, 6.45) is 2.10. The van der Waals surface area contributed by atoms with Gasteiger partial charge >= 0.3 is 11.9 Å². The number of benzene rings is 1. The Balaban J connectivity index is 1.74. The van der Waals surface area contributed by atoms with Crippen molar-refractivity contribution in [1.29, 1.82) is 0 Å². The second-order valence-corrected chi connectivity index (χ2v) is 8.92. The molecule has 0 radical (unpaired) electrons. The minimum Gasteiger partial charge on any atom is -0.459 e. The number of hydrogen-bond acceptors (Lipinski definition) is 6. The van der Waals surface area contributed by atoms with Crippen LogP contribution in [0.1, 0.15) is 58.1 Å². The molecule has 30 heavy (non-hydrogen) atoms. The van der Waals surface area contributed by atoms with Gasteiger partial charge in [0.2, 0.25) is 5.91 Å². The van der Waals surface area contributed by atoms with Crippen molar-refractivity contribution in [3.8, 4) is 0 Å². The second-order valence-electron chi connectivity index (χ2n) is 8.92. The van der Waals surface area contributed by atoms with Gasteiger partial charge < -0.3 is 20.1 Å². The molecule has 0 aliphatic carbocycles. The van der Waals surface area contributed by atoms with Gasteiger partial charge in [0.05, 0.1) is 5.92 Å². The van der Waals surface area contributed by atoms with Crippen LogP contribution < -0.4 is 10.6 Å². The molecule has 7 nitrogen and oxygen atoms in total. The van der Waals surface area contributed by atoms with E-state index in [-0.39, 0.29) is 23.8 Å². The number of rotatable bonds is 4. The molecule has 1 amide bonds. The lowest BCUT2D eigenvalue weighted by Gasteiger charge is -2.26. The van der Waals surface area contributed by atoms with E-state index in [1.165, 1.54) is 6.92 Å². The standard InChI is InChI=1S/C23H30N2O5/c1-13-19(22(28)29-20(13)25-14(2)26)16-8-6-15(7-9-16)17-10-11-24-18(12-17)21(27)30-23(3,4)5/h6-9,12-13,18-20,24H,10-11H2,1-5H3,(H,25,26)/t13?,18?,19?,20-/m1/s1. The SMILES string of the molecule is CC(=O)N[C@@H]1OC(=O)C(c2ccc(C3=CC(C(=O)OC(C)(C)C)NCC3)cc2)C1C. The van der Waals surface area contributed by atoms with Crippen LogP contribution in [0, 0.1) is 5.92 Å². The minimum atomic E-state index is -0.610. The van der Waals surface area contributed by atoms with E-state index in [9.17, 15) is 14.4 Å². The van der Waals surface area contributed by atoms with Crippen molar-refractivity contribution in [2.24, 2.45) is 5.92 Å². The summed E-state index contributed by atoms with van der Waals surface area (Å²) in [6, 6.07) is 7.28. The Labute approximate surface area is 177 Å². The number of carbonyl (C=O) groups is 3. The maximum Gasteiger partial charge on any atom is 0.327 e. The molecule has 1 aromatic rings. The highest BCUT2D eigenvalue weighted by atomic mass is 16.6. The van der Waals surface area contributed by atoms with E-state index < -0.39 is 23.8 Å². The topological polar surface area (TPSA) is 93.7 Å². The molecule has 0 spiro atoms. The lowest BCUT2D eigenvalue weighted by Crippen LogP contribution is -2.42. The monoisotopic (exact) mass is 414 g/mol. The summed E-state index contributed by atoms with van der Waals surface area (Å²) in [5, 5.41) is 5.86. The predicted molar refractivity (Wildman–Crippen MR) is 112 cm³/mol. The Bertz CT molecular complexity index is 853. The van der Waals surface area contributed by atoms with Crippen molar-refractivity contribution in [2.75, 3.05) is 6.54 Å². The van der Waals surface area contributed by atoms with Crippen molar-refractivity contribution in [2.45, 2.75) is 64.8 Å². The van der Waals surface area contributed by atoms with Gasteiger partial charge in [0, 0.05) is 19.4 Å². The zero-order valence-electron chi connectivity index (χ0n) is 18.2. The van der Waals surface area contributed by atoms with Crippen molar-refractivity contribution in [3.63, 3.8) is 0 Å². The van der Waals surface area contributed by atoms with Crippen LogP contribution in [0.5, 0.6) is 0 Å². The molecule has 2 aliphatic heterocycles. The molecule has 3 rings (SSSR count). The molecule has 1 fully saturated rings. The van der Waals surface area contributed by atoms with Gasteiger partial charge in [-0.2, -0.15) is 0 Å². The van der Waals surface area contributed by atoms with Crippen LogP contribution in [0.4, 0.5) is 0 Å². The first kappa shape index (κ1) is 22.0. The van der Waals surface area contributed by atoms with Crippen molar-refractivity contribution in [3.05, 3.63) is 41.5 Å². The highest BCUT2D eigenvalue weighted by Gasteiger charge is 2.43. The Morgan fingerprint density at radius 1 is 1.20 bits per heavy atom. The number of nitrogens with one attached hydrogen (secondary N) is 2. The first-order valence-corrected chi connectivity index (χ1v) is 10.3. The molecular weight excluding hydrogens is 384 g/mol. The van der Waals surface area contributed by atoms with Crippen LogP contribution in [-0.4, -0.2) is 42.3 Å². The van der Waals surface area contributed by atoms with Gasteiger partial charge in [0.25, 0.3) is 0 Å². The fraction of sp³-hybridized carbons (Fsp3) is 0.522. The predicted octanol–water partition coefficient (Wildman–Crippen LogP) is 2.51. The number of amides is 1. The van der Waals surface area contributed by atoms with Crippen molar-refractivity contribution >= 4 is 23.4 Å². The highest BCUT2D eigenvalue weighted by molar-refractivity contribution is 5.84. The van der Waals surface area contributed by atoms with Crippen LogP contribution in [0.25, 0.3) is 5.57 Å². The Morgan fingerprint density at radius 3 is 2.47 bits per heavy atom. The number of hydrogen-bond donors (Lipinski definition) is 2. The second kappa shape index (κ2) is 8.60. The average molecular weight is 415 g/mol. The quantitative estimate of drug-likeness (QED) is 0.736. The molecule has 2 heterocycles. The fourth-order valence-corrected chi connectivity index (χ4v) is 3.86. The minimum absolute atomic E-state index is 0.165. The van der Waals surface area contributed by atoms with E-state index in [0.29, 0.717) is 6.54 Å². The van der Waals surface area contributed by atoms with Gasteiger partial charge in [-0.15, -0.1) is 0 Å². The summed E-state index contributed by atoms with van der Waals surface area (Å²) in [4.78, 5) is 36.1. The molecule has 2 N–H and O–H groups in total. The van der Waals surface area contributed by atoms with Crippen molar-refractivity contribution in [1.82, 2.24) is 10.6 Å². The number of ether oxygens (including phenoxy) is 2. The molecule has 1 saturated heterocycles. The molecule has 7 heteroatoms. The Hall–Kier alpha value is -2.67. The molecule has 4 atom stereocenters. The van der Waals surface area contributed by atoms with E-state index in [1.807, 2.05) is 58.0 Å². The number of cyclic esters (lactones) is 1. The smallest absolute Gasteiger partial charge is 0.327 e. The molecule has 0 aromatic heterocycles. The molecule has 1 aromatic carbocycles. The number of esters is 2. The van der Waals surface area contributed by atoms with E-state index in [0.717, 1.165) is 23.1 Å². The van der Waals surface area contributed by atoms with E-state index in [1.54, 1.807) is 0 Å². The van der Waals surface area contributed by atoms with Gasteiger partial charge in [0.15, 0.2) is 6.23 Å². The molecule has 0 bridgehead atoms. The van der Waals surface area contributed by atoms with Crippen molar-refractivity contribution < 1.29 is 23.9 Å². The van der Waals surface area contributed by atoms with Crippen LogP contribution >= 0.6 is 0 Å². The van der Waals surface area contributed by atoms with Crippen LogP contribution in [0.2, 0.25) is 0 Å². The van der Waals surface area contributed by atoms with E-state index >= 15 is 0 Å². The average Bonchev–Trinajstić information content (AvgIpc) is 2.93. The summed E-state index contributed by atoms with van der Waals surface area (Å²) >= 11 is 0. The largest absolute Gasteiger partial charge is 0.459 e. The lowest BCUT2D eigenvalue weighted by molar-refractivity contribution is -0.156. The summed E-state index contributed by atoms with van der Waals surface area (Å²) in [5.41, 5.74) is 2.39. The van der Waals surface area contributed by atoms with Crippen LogP contribution in [0.3, 0.4) is 0 Å². The van der Waals surface area contributed by atoms with Crippen LogP contribution in [-0.2, 0) is 23.9 Å². The number of carbonyl (C=O) groups excluding carboxylic acids is 3. The molecule has 3 unspecified atom stereocenters. The third-order valence-electron chi connectivity index (χ3n) is 5.27. The molecule has 2 aliphatic rings. The van der Waals surface area contributed by atoms with Gasteiger partial charge in [0.1, 0.15) is 11.6 Å². The summed E-state index contributed by atoms with van der Waals surface area (Å²) in [5.74, 6) is -1.44. The summed E-state index contributed by atoms with van der Waals surface area (Å²) < 4.78 is 10.8. The Morgan fingerprint density at radius 2 is 1.87 bits per heavy atom. The zero-order valence-corrected chi connectivity index (χ0v) is 18.2. The molecule has 0 saturated carbocycles.